The molecule has 4 aromatic rings. The summed E-state index contributed by atoms with van der Waals surface area (Å²) in [7, 11) is -3.49. The van der Waals surface area contributed by atoms with Gasteiger partial charge in [0.25, 0.3) is 0 Å². The van der Waals surface area contributed by atoms with E-state index in [0.29, 0.717) is 33.8 Å². The smallest absolute Gasteiger partial charge is 0.309 e. The zero-order valence-electron chi connectivity index (χ0n) is 20.4. The predicted octanol–water partition coefficient (Wildman–Crippen LogP) is 5.89. The van der Waals surface area contributed by atoms with Crippen molar-refractivity contribution >= 4 is 32.8 Å². The fourth-order valence-electron chi connectivity index (χ4n) is 4.19. The summed E-state index contributed by atoms with van der Waals surface area (Å²) in [5.41, 5.74) is 7.44. The molecule has 0 amide bonds. The third kappa shape index (κ3) is 5.22. The van der Waals surface area contributed by atoms with Crippen LogP contribution in [0.25, 0.3) is 22.5 Å². The topological polar surface area (TPSA) is 79.3 Å². The number of benzene rings is 3. The molecule has 1 aliphatic rings. The van der Waals surface area contributed by atoms with Crippen molar-refractivity contribution in [1.29, 1.82) is 0 Å². The molecular formula is C26H20ClF4N5O2S. The minimum atomic E-state index is -4.65. The van der Waals surface area contributed by atoms with Gasteiger partial charge in [0.1, 0.15) is 11.6 Å². The fourth-order valence-corrected chi connectivity index (χ4v) is 4.98. The summed E-state index contributed by atoms with van der Waals surface area (Å²) < 4.78 is 80.2. The number of alkyl halides is 3. The lowest BCUT2D eigenvalue weighted by Crippen LogP contribution is -2.37. The monoisotopic (exact) mass is 577 g/mol. The molecule has 0 unspecified atom stereocenters. The second-order valence-electron chi connectivity index (χ2n) is 8.79. The average Bonchev–Trinajstić information content (AvgIpc) is 3.52. The van der Waals surface area contributed by atoms with Crippen LogP contribution in [0.2, 0.25) is 5.02 Å². The number of nitrogens with one attached hydrogen (secondary N) is 2. The van der Waals surface area contributed by atoms with E-state index in [9.17, 15) is 26.0 Å². The summed E-state index contributed by atoms with van der Waals surface area (Å²) >= 11 is 5.85. The van der Waals surface area contributed by atoms with E-state index in [1.807, 2.05) is 0 Å². The van der Waals surface area contributed by atoms with Crippen molar-refractivity contribution < 1.29 is 26.0 Å². The van der Waals surface area contributed by atoms with Crippen molar-refractivity contribution in [2.24, 2.45) is 0 Å². The number of aromatic nitrogens is 2. The first kappa shape index (κ1) is 26.7. The molecular weight excluding hydrogens is 558 g/mol. The van der Waals surface area contributed by atoms with Gasteiger partial charge in [0.05, 0.1) is 27.0 Å². The van der Waals surface area contributed by atoms with Gasteiger partial charge >= 0.3 is 6.18 Å². The van der Waals surface area contributed by atoms with Gasteiger partial charge < -0.3 is 9.99 Å². The molecule has 1 aliphatic heterocycles. The van der Waals surface area contributed by atoms with E-state index < -0.39 is 27.5 Å². The number of imidazole rings is 1. The molecule has 0 atom stereocenters. The Kier molecular flexibility index (Phi) is 6.65. The molecule has 39 heavy (non-hydrogen) atoms. The van der Waals surface area contributed by atoms with E-state index in [0.717, 1.165) is 12.5 Å². The number of hydrogen-bond donors (Lipinski definition) is 2. The molecule has 0 bridgehead atoms. The Balaban J connectivity index is 1.70. The van der Waals surface area contributed by atoms with Crippen molar-refractivity contribution in [1.82, 2.24) is 20.5 Å². The molecule has 0 aliphatic carbocycles. The van der Waals surface area contributed by atoms with Crippen LogP contribution in [0.5, 0.6) is 0 Å². The number of rotatable bonds is 5. The molecule has 0 saturated carbocycles. The molecule has 5 rings (SSSR count). The third-order valence-electron chi connectivity index (χ3n) is 6.09. The second-order valence-corrected chi connectivity index (χ2v) is 11.2. The Morgan fingerprint density at radius 1 is 0.949 bits per heavy atom. The van der Waals surface area contributed by atoms with Gasteiger partial charge in [-0.15, -0.1) is 5.53 Å². The minimum Gasteiger partial charge on any atom is -0.309 e. The van der Waals surface area contributed by atoms with Crippen molar-refractivity contribution in [3.05, 3.63) is 101 Å². The average molecular weight is 578 g/mol. The summed E-state index contributed by atoms with van der Waals surface area (Å²) in [4.78, 5) is 3.80. The zero-order chi connectivity index (χ0) is 28.1. The van der Waals surface area contributed by atoms with Crippen molar-refractivity contribution in [3.63, 3.8) is 0 Å². The molecule has 2 heterocycles. The van der Waals surface area contributed by atoms with Gasteiger partial charge in [-0.2, -0.15) is 13.2 Å². The maximum absolute atomic E-state index is 14.3. The summed E-state index contributed by atoms with van der Waals surface area (Å²) in [6, 6.07) is 15.5. The van der Waals surface area contributed by atoms with Gasteiger partial charge in [-0.25, -0.2) is 17.8 Å². The van der Waals surface area contributed by atoms with Crippen LogP contribution in [0.15, 0.2) is 78.0 Å². The van der Waals surface area contributed by atoms with E-state index in [2.05, 4.69) is 15.9 Å². The molecule has 0 saturated heterocycles. The largest absolute Gasteiger partial charge is 0.434 e. The first-order valence-electron chi connectivity index (χ1n) is 11.4. The van der Waals surface area contributed by atoms with Crippen LogP contribution < -0.4 is 16.0 Å². The highest BCUT2D eigenvalue weighted by molar-refractivity contribution is 7.90. The maximum Gasteiger partial charge on any atom is 0.434 e. The summed E-state index contributed by atoms with van der Waals surface area (Å²) in [5.74, 6) is -0.556. The molecule has 3 aromatic carbocycles. The summed E-state index contributed by atoms with van der Waals surface area (Å²) in [6.07, 6.45) is -1.09. The molecule has 7 nitrogen and oxygen atoms in total. The number of sulfone groups is 1. The molecule has 202 valence electrons. The first-order valence-corrected chi connectivity index (χ1v) is 13.6. The molecule has 1 aromatic heterocycles. The molecule has 2 N–H and O–H groups in total. The first-order chi connectivity index (χ1) is 18.3. The van der Waals surface area contributed by atoms with Crippen LogP contribution in [0.3, 0.4) is 0 Å². The van der Waals surface area contributed by atoms with Crippen LogP contribution in [0.1, 0.15) is 17.1 Å². The number of halogens is 5. The highest BCUT2D eigenvalue weighted by atomic mass is 35.5. The van der Waals surface area contributed by atoms with Gasteiger partial charge in [0, 0.05) is 24.2 Å². The van der Waals surface area contributed by atoms with Gasteiger partial charge in [-0.3, -0.25) is 5.01 Å². The number of aryl methyl sites for hydroxylation is 1. The number of hydrogen-bond acceptors (Lipinski definition) is 6. The second kappa shape index (κ2) is 9.70. The van der Waals surface area contributed by atoms with Gasteiger partial charge in [-0.1, -0.05) is 35.9 Å². The number of anilines is 1. The quantitative estimate of drug-likeness (QED) is 0.288. The highest BCUT2D eigenvalue weighted by Gasteiger charge is 2.35. The summed E-state index contributed by atoms with van der Waals surface area (Å²) in [5, 5.41) is 1.47. The lowest BCUT2D eigenvalue weighted by atomic mass is 10.0. The number of nitrogens with zero attached hydrogens (tertiary/aromatic N) is 3. The highest BCUT2D eigenvalue weighted by Crippen LogP contribution is 2.38. The molecule has 0 fully saturated rings. The molecule has 0 spiro atoms. The van der Waals surface area contributed by atoms with Gasteiger partial charge in [0.2, 0.25) is 0 Å². The third-order valence-corrected chi connectivity index (χ3v) is 7.50. The van der Waals surface area contributed by atoms with E-state index in [4.69, 9.17) is 11.6 Å². The number of hydrazine groups is 2. The minimum absolute atomic E-state index is 0.0630. The van der Waals surface area contributed by atoms with Crippen molar-refractivity contribution in [2.45, 2.75) is 18.0 Å². The molecule has 0 radical (unpaired) electrons. The van der Waals surface area contributed by atoms with E-state index >= 15 is 0 Å². The normalized spacial score (nSPS) is 13.9. The zero-order valence-corrected chi connectivity index (χ0v) is 22.0. The maximum atomic E-state index is 14.3. The Labute approximate surface area is 226 Å². The Bertz CT molecular complexity index is 1730. The van der Waals surface area contributed by atoms with Gasteiger partial charge in [-0.05, 0) is 54.4 Å². The standard InChI is InChI=1S/C26H20ClF4N5O2S/c1-15-33-25(26(29,30)31)14-35(15)22-9-7-17(16-4-3-5-19(10-16)39(2,37)38)12-23(22)36-24(13-32-34-36)18-6-8-20(27)21(28)11-18/h3-14,32,34H,1-2H3. The fraction of sp³-hybridized carbons (Fsp3) is 0.115. The van der Waals surface area contributed by atoms with Crippen LogP contribution >= 0.6 is 11.6 Å². The van der Waals surface area contributed by atoms with Crippen LogP contribution in [0.4, 0.5) is 23.2 Å². The van der Waals surface area contributed by atoms with Gasteiger partial charge in [0.15, 0.2) is 15.5 Å². The summed E-state index contributed by atoms with van der Waals surface area (Å²) in [6.45, 7) is 1.45. The lowest BCUT2D eigenvalue weighted by molar-refractivity contribution is -0.141. The van der Waals surface area contributed by atoms with Crippen molar-refractivity contribution in [2.75, 3.05) is 11.3 Å². The lowest BCUT2D eigenvalue weighted by Gasteiger charge is -2.25. The van der Waals surface area contributed by atoms with E-state index in [1.165, 1.54) is 40.8 Å². The predicted molar refractivity (Wildman–Crippen MR) is 140 cm³/mol. The van der Waals surface area contributed by atoms with E-state index in [-0.39, 0.29) is 15.7 Å². The Morgan fingerprint density at radius 2 is 1.67 bits per heavy atom. The van der Waals surface area contributed by atoms with Crippen LogP contribution in [0, 0.1) is 12.7 Å². The molecule has 13 heteroatoms. The van der Waals surface area contributed by atoms with Crippen molar-refractivity contribution in [3.8, 4) is 16.8 Å². The van der Waals surface area contributed by atoms with Crippen LogP contribution in [-0.2, 0) is 16.0 Å². The van der Waals surface area contributed by atoms with Crippen LogP contribution in [-0.4, -0.2) is 24.2 Å². The van der Waals surface area contributed by atoms with E-state index in [1.54, 1.807) is 42.6 Å². The Morgan fingerprint density at radius 3 is 2.33 bits per heavy atom. The SMILES string of the molecule is Cc1nc(C(F)(F)F)cn1-c1ccc(-c2cccc(S(C)(=O)=O)c2)cc1N1NNC=C1c1ccc(Cl)c(F)c1. The Hall–Kier alpha value is -3.87.